The maximum absolute atomic E-state index is 12.6. The molecule has 0 bridgehead atoms. The van der Waals surface area contributed by atoms with Crippen molar-refractivity contribution >= 4 is 11.9 Å². The summed E-state index contributed by atoms with van der Waals surface area (Å²) in [6.45, 7) is 5.08. The molecule has 0 spiro atoms. The van der Waals surface area contributed by atoms with Gasteiger partial charge >= 0.3 is 5.97 Å². The second-order valence-electron chi connectivity index (χ2n) is 5.26. The average Bonchev–Trinajstić information content (AvgIpc) is 2.48. The lowest BCUT2D eigenvalue weighted by molar-refractivity contribution is -0.139. The van der Waals surface area contributed by atoms with E-state index >= 15 is 0 Å². The quantitative estimate of drug-likeness (QED) is 0.759. The van der Waals surface area contributed by atoms with Crippen molar-refractivity contribution in [2.45, 2.75) is 46.1 Å². The lowest BCUT2D eigenvalue weighted by atomic mass is 10.0. The molecule has 0 aromatic heterocycles. The minimum absolute atomic E-state index is 0.0264. The normalized spacial score (nSPS) is 10.6. The van der Waals surface area contributed by atoms with E-state index < -0.39 is 5.97 Å². The molecule has 0 saturated carbocycles. The van der Waals surface area contributed by atoms with Crippen molar-refractivity contribution in [3.8, 4) is 0 Å². The molecule has 1 aromatic rings. The highest BCUT2D eigenvalue weighted by Gasteiger charge is 2.21. The van der Waals surface area contributed by atoms with E-state index in [1.54, 1.807) is 4.90 Å². The molecule has 21 heavy (non-hydrogen) atoms. The first-order chi connectivity index (χ1) is 10.1. The number of benzene rings is 1. The summed E-state index contributed by atoms with van der Waals surface area (Å²) in [5.41, 5.74) is 1.08. The number of carbonyl (C=O) groups excluding carboxylic acids is 1. The van der Waals surface area contributed by atoms with Gasteiger partial charge in [0.1, 0.15) is 0 Å². The highest BCUT2D eigenvalue weighted by Crippen LogP contribution is 2.15. The Morgan fingerprint density at radius 2 is 1.76 bits per heavy atom. The first kappa shape index (κ1) is 17.2. The minimum Gasteiger partial charge on any atom is -0.481 e. The zero-order valence-electron chi connectivity index (χ0n) is 12.9. The van der Waals surface area contributed by atoms with Gasteiger partial charge in [-0.15, -0.1) is 0 Å². The first-order valence-corrected chi connectivity index (χ1v) is 7.63. The van der Waals surface area contributed by atoms with Crippen LogP contribution in [0, 0.1) is 5.92 Å². The van der Waals surface area contributed by atoms with Gasteiger partial charge in [0.25, 0.3) is 0 Å². The summed E-state index contributed by atoms with van der Waals surface area (Å²) in [5.74, 6) is -0.655. The molecule has 0 unspecified atom stereocenters. The van der Waals surface area contributed by atoms with Crippen molar-refractivity contribution in [3.63, 3.8) is 0 Å². The molecule has 4 nitrogen and oxygen atoms in total. The lowest BCUT2D eigenvalue weighted by Gasteiger charge is -2.26. The number of carbonyl (C=O) groups is 2. The Balaban J connectivity index is 2.73. The van der Waals surface area contributed by atoms with Gasteiger partial charge in [-0.25, -0.2) is 0 Å². The smallest absolute Gasteiger partial charge is 0.303 e. The molecular formula is C17H25NO3. The van der Waals surface area contributed by atoms with E-state index in [1.165, 1.54) is 0 Å². The van der Waals surface area contributed by atoms with Crippen molar-refractivity contribution in [3.05, 3.63) is 35.9 Å². The second kappa shape index (κ2) is 9.16. The zero-order chi connectivity index (χ0) is 15.7. The highest BCUT2D eigenvalue weighted by molar-refractivity contribution is 5.78. The summed E-state index contributed by atoms with van der Waals surface area (Å²) < 4.78 is 0. The van der Waals surface area contributed by atoms with Gasteiger partial charge in [0, 0.05) is 25.4 Å². The summed E-state index contributed by atoms with van der Waals surface area (Å²) in [6.07, 6.45) is 2.23. The number of rotatable bonds is 9. The van der Waals surface area contributed by atoms with E-state index in [4.69, 9.17) is 5.11 Å². The van der Waals surface area contributed by atoms with Crippen molar-refractivity contribution < 1.29 is 14.7 Å². The predicted molar refractivity (Wildman–Crippen MR) is 82.8 cm³/mol. The average molecular weight is 291 g/mol. The fourth-order valence-corrected chi connectivity index (χ4v) is 2.39. The van der Waals surface area contributed by atoms with Crippen molar-refractivity contribution in [1.82, 2.24) is 4.90 Å². The van der Waals surface area contributed by atoms with Crippen LogP contribution in [0.25, 0.3) is 0 Å². The molecule has 1 amide bonds. The Labute approximate surface area is 126 Å². The number of aliphatic carboxylic acids is 1. The van der Waals surface area contributed by atoms with Crippen LogP contribution in [0.15, 0.2) is 30.3 Å². The number of carboxylic acid groups (broad SMARTS) is 1. The van der Waals surface area contributed by atoms with Gasteiger partial charge in [-0.1, -0.05) is 44.2 Å². The molecule has 116 valence electrons. The Hall–Kier alpha value is -1.84. The summed E-state index contributed by atoms with van der Waals surface area (Å²) in [6, 6.07) is 9.83. The molecule has 1 N–H and O–H groups in total. The van der Waals surface area contributed by atoms with Crippen molar-refractivity contribution in [1.29, 1.82) is 0 Å². The van der Waals surface area contributed by atoms with Gasteiger partial charge in [0.15, 0.2) is 0 Å². The lowest BCUT2D eigenvalue weighted by Crippen LogP contribution is -2.36. The highest BCUT2D eigenvalue weighted by atomic mass is 16.4. The third-order valence-corrected chi connectivity index (χ3v) is 3.68. The van der Waals surface area contributed by atoms with Crippen LogP contribution in [0.4, 0.5) is 0 Å². The van der Waals surface area contributed by atoms with Crippen LogP contribution < -0.4 is 0 Å². The summed E-state index contributed by atoms with van der Waals surface area (Å²) >= 11 is 0. The van der Waals surface area contributed by atoms with Crippen LogP contribution in [0.1, 0.15) is 45.1 Å². The Kier molecular flexibility index (Phi) is 7.51. The fraction of sp³-hybridized carbons (Fsp3) is 0.529. The minimum atomic E-state index is -0.815. The zero-order valence-corrected chi connectivity index (χ0v) is 12.9. The van der Waals surface area contributed by atoms with Gasteiger partial charge < -0.3 is 10.0 Å². The molecule has 0 aliphatic heterocycles. The molecule has 1 aromatic carbocycles. The summed E-state index contributed by atoms with van der Waals surface area (Å²) in [5, 5.41) is 8.75. The van der Waals surface area contributed by atoms with Crippen LogP contribution in [-0.2, 0) is 16.1 Å². The largest absolute Gasteiger partial charge is 0.481 e. The van der Waals surface area contributed by atoms with Gasteiger partial charge in [-0.05, 0) is 24.8 Å². The van der Waals surface area contributed by atoms with Crippen LogP contribution in [-0.4, -0.2) is 28.4 Å². The molecule has 0 heterocycles. The third kappa shape index (κ3) is 5.98. The van der Waals surface area contributed by atoms with E-state index in [9.17, 15) is 9.59 Å². The Morgan fingerprint density at radius 3 is 2.29 bits per heavy atom. The maximum Gasteiger partial charge on any atom is 0.303 e. The third-order valence-electron chi connectivity index (χ3n) is 3.68. The van der Waals surface area contributed by atoms with E-state index in [0.717, 1.165) is 18.4 Å². The molecule has 0 saturated heterocycles. The van der Waals surface area contributed by atoms with Crippen LogP contribution in [0.3, 0.4) is 0 Å². The number of carboxylic acids is 1. The second-order valence-corrected chi connectivity index (χ2v) is 5.26. The fourth-order valence-electron chi connectivity index (χ4n) is 2.39. The molecule has 0 radical (unpaired) electrons. The monoisotopic (exact) mass is 291 g/mol. The SMILES string of the molecule is CCC(CC)C(=O)N(CCCC(=O)O)Cc1ccccc1. The van der Waals surface area contributed by atoms with E-state index in [-0.39, 0.29) is 18.2 Å². The molecule has 0 aliphatic carbocycles. The molecule has 4 heteroatoms. The summed E-state index contributed by atoms with van der Waals surface area (Å²) in [7, 11) is 0. The molecule has 0 atom stereocenters. The molecule has 1 rings (SSSR count). The number of hydrogen-bond donors (Lipinski definition) is 1. The standard InChI is InChI=1S/C17H25NO3/c1-3-15(4-2)17(21)18(12-8-11-16(19)20)13-14-9-6-5-7-10-14/h5-7,9-10,15H,3-4,8,11-13H2,1-2H3,(H,19,20). The molecule has 0 aliphatic rings. The van der Waals surface area contributed by atoms with Gasteiger partial charge in [-0.2, -0.15) is 0 Å². The first-order valence-electron chi connectivity index (χ1n) is 7.63. The molecular weight excluding hydrogens is 266 g/mol. The number of hydrogen-bond acceptors (Lipinski definition) is 2. The van der Waals surface area contributed by atoms with E-state index in [0.29, 0.717) is 19.5 Å². The van der Waals surface area contributed by atoms with Crippen molar-refractivity contribution in [2.24, 2.45) is 5.92 Å². The van der Waals surface area contributed by atoms with Gasteiger partial charge in [0.05, 0.1) is 0 Å². The Bertz CT molecular complexity index is 441. The van der Waals surface area contributed by atoms with E-state index in [1.807, 2.05) is 44.2 Å². The summed E-state index contributed by atoms with van der Waals surface area (Å²) in [4.78, 5) is 25.0. The maximum atomic E-state index is 12.6. The predicted octanol–water partition coefficient (Wildman–Crippen LogP) is 3.32. The van der Waals surface area contributed by atoms with Crippen LogP contribution >= 0.6 is 0 Å². The van der Waals surface area contributed by atoms with Gasteiger partial charge in [-0.3, -0.25) is 9.59 Å². The van der Waals surface area contributed by atoms with Crippen LogP contribution in [0.2, 0.25) is 0 Å². The number of amides is 1. The number of nitrogens with zero attached hydrogens (tertiary/aromatic N) is 1. The van der Waals surface area contributed by atoms with Crippen LogP contribution in [0.5, 0.6) is 0 Å². The van der Waals surface area contributed by atoms with Gasteiger partial charge in [0.2, 0.25) is 5.91 Å². The Morgan fingerprint density at radius 1 is 1.14 bits per heavy atom. The van der Waals surface area contributed by atoms with Crippen molar-refractivity contribution in [2.75, 3.05) is 6.54 Å². The molecule has 0 fully saturated rings. The van der Waals surface area contributed by atoms with E-state index in [2.05, 4.69) is 0 Å². The topological polar surface area (TPSA) is 57.6 Å².